The highest BCUT2D eigenvalue weighted by Gasteiger charge is 2.11. The van der Waals surface area contributed by atoms with Crippen LogP contribution in [0.25, 0.3) is 0 Å². The van der Waals surface area contributed by atoms with Crippen LogP contribution >= 0.6 is 0 Å². The van der Waals surface area contributed by atoms with Crippen LogP contribution < -0.4 is 5.32 Å². The highest BCUT2D eigenvalue weighted by atomic mass is 16.5. The second kappa shape index (κ2) is 7.92. The molecule has 0 radical (unpaired) electrons. The highest BCUT2D eigenvalue weighted by molar-refractivity contribution is 5.74. The van der Waals surface area contributed by atoms with Gasteiger partial charge in [0.2, 0.25) is 0 Å². The van der Waals surface area contributed by atoms with Crippen LogP contribution in [0.15, 0.2) is 0 Å². The fourth-order valence-electron chi connectivity index (χ4n) is 1.18. The smallest absolute Gasteiger partial charge is 0.317 e. The van der Waals surface area contributed by atoms with Crippen molar-refractivity contribution in [3.8, 4) is 0 Å². The molecule has 1 atom stereocenters. The van der Waals surface area contributed by atoms with Crippen LogP contribution in [-0.4, -0.2) is 55.4 Å². The van der Waals surface area contributed by atoms with Crippen molar-refractivity contribution in [2.24, 2.45) is 0 Å². The fourth-order valence-corrected chi connectivity index (χ4v) is 1.18. The van der Waals surface area contributed by atoms with Crippen LogP contribution in [0, 0.1) is 0 Å². The number of carbonyl (C=O) groups excluding carboxylic acids is 1. The lowest BCUT2D eigenvalue weighted by atomic mass is 10.3. The second-order valence-electron chi connectivity index (χ2n) is 3.72. The molecule has 0 aromatic carbocycles. The summed E-state index contributed by atoms with van der Waals surface area (Å²) in [6, 6.07) is -0.269. The number of aliphatic carboxylic acids is 1. The molecule has 0 aromatic heterocycles. The number of methoxy groups -OCH3 is 1. The maximum absolute atomic E-state index is 11.5. The quantitative estimate of drug-likeness (QED) is 0.671. The summed E-state index contributed by atoms with van der Waals surface area (Å²) in [4.78, 5) is 23.3. The second-order valence-corrected chi connectivity index (χ2v) is 3.72. The summed E-state index contributed by atoms with van der Waals surface area (Å²) < 4.78 is 4.89. The number of carbonyl (C=O) groups is 2. The van der Waals surface area contributed by atoms with Gasteiger partial charge >= 0.3 is 12.0 Å². The first kappa shape index (κ1) is 14.7. The van der Waals surface area contributed by atoms with E-state index in [-0.39, 0.29) is 18.5 Å². The molecule has 0 aliphatic rings. The number of carboxylic acids is 1. The van der Waals surface area contributed by atoms with E-state index in [0.29, 0.717) is 19.6 Å². The summed E-state index contributed by atoms with van der Waals surface area (Å²) in [6.07, 6.45) is 0.531. The maximum atomic E-state index is 11.5. The molecule has 1 unspecified atom stereocenters. The minimum atomic E-state index is -0.846. The molecule has 0 heterocycles. The zero-order valence-corrected chi connectivity index (χ0v) is 10.0. The minimum Gasteiger partial charge on any atom is -0.481 e. The van der Waals surface area contributed by atoms with E-state index in [2.05, 4.69) is 5.32 Å². The van der Waals surface area contributed by atoms with Gasteiger partial charge in [0, 0.05) is 27.1 Å². The van der Waals surface area contributed by atoms with E-state index in [1.54, 1.807) is 14.2 Å². The van der Waals surface area contributed by atoms with Gasteiger partial charge in [0.15, 0.2) is 0 Å². The standard InChI is InChI=1S/C10H20N2O4/c1-8(7-16-3)11-10(15)12(2)6-4-5-9(13)14/h8H,4-7H2,1-3H3,(H,11,15)(H,13,14). The molecule has 2 amide bonds. The summed E-state index contributed by atoms with van der Waals surface area (Å²) in [6.45, 7) is 2.72. The molecule has 0 bridgehead atoms. The van der Waals surface area contributed by atoms with Gasteiger partial charge in [-0.2, -0.15) is 0 Å². The first-order valence-electron chi connectivity index (χ1n) is 5.19. The maximum Gasteiger partial charge on any atom is 0.317 e. The summed E-state index contributed by atoms with van der Waals surface area (Å²) >= 11 is 0. The Kier molecular flexibility index (Phi) is 7.28. The van der Waals surface area contributed by atoms with Crippen molar-refractivity contribution in [1.29, 1.82) is 0 Å². The molecule has 0 aliphatic carbocycles. The van der Waals surface area contributed by atoms with Crippen LogP contribution in [0.2, 0.25) is 0 Å². The third-order valence-corrected chi connectivity index (χ3v) is 2.02. The molecule has 0 spiro atoms. The van der Waals surface area contributed by atoms with E-state index in [0.717, 1.165) is 0 Å². The van der Waals surface area contributed by atoms with Gasteiger partial charge < -0.3 is 20.1 Å². The van der Waals surface area contributed by atoms with Crippen molar-refractivity contribution >= 4 is 12.0 Å². The average molecular weight is 232 g/mol. The van der Waals surface area contributed by atoms with Gasteiger partial charge in [-0.15, -0.1) is 0 Å². The molecule has 0 aliphatic heterocycles. The third-order valence-electron chi connectivity index (χ3n) is 2.02. The molecular formula is C10H20N2O4. The summed E-state index contributed by atoms with van der Waals surface area (Å²) in [5.74, 6) is -0.846. The predicted octanol–water partition coefficient (Wildman–Crippen LogP) is 0.527. The first-order chi connectivity index (χ1) is 7.47. The average Bonchev–Trinajstić information content (AvgIpc) is 2.17. The Morgan fingerprint density at radius 3 is 2.62 bits per heavy atom. The van der Waals surface area contributed by atoms with Crippen LogP contribution in [0.4, 0.5) is 4.79 Å². The van der Waals surface area contributed by atoms with Gasteiger partial charge in [0.1, 0.15) is 0 Å². The molecule has 16 heavy (non-hydrogen) atoms. The number of urea groups is 1. The van der Waals surface area contributed by atoms with Crippen LogP contribution in [0.1, 0.15) is 19.8 Å². The zero-order valence-electron chi connectivity index (χ0n) is 10.0. The normalized spacial score (nSPS) is 11.9. The first-order valence-corrected chi connectivity index (χ1v) is 5.19. The molecular weight excluding hydrogens is 212 g/mol. The molecule has 2 N–H and O–H groups in total. The number of hydrogen-bond acceptors (Lipinski definition) is 3. The Hall–Kier alpha value is -1.30. The van der Waals surface area contributed by atoms with Gasteiger partial charge in [0.05, 0.1) is 12.6 Å². The van der Waals surface area contributed by atoms with Gasteiger partial charge in [-0.25, -0.2) is 4.79 Å². The Labute approximate surface area is 95.6 Å². The number of hydrogen-bond donors (Lipinski definition) is 2. The topological polar surface area (TPSA) is 78.9 Å². The van der Waals surface area contributed by atoms with Crippen molar-refractivity contribution < 1.29 is 19.4 Å². The summed E-state index contributed by atoms with van der Waals surface area (Å²) in [5, 5.41) is 11.2. The molecule has 6 nitrogen and oxygen atoms in total. The van der Waals surface area contributed by atoms with Gasteiger partial charge in [-0.1, -0.05) is 0 Å². The number of nitrogens with one attached hydrogen (secondary N) is 1. The van der Waals surface area contributed by atoms with E-state index in [9.17, 15) is 9.59 Å². The van der Waals surface area contributed by atoms with Crippen molar-refractivity contribution in [1.82, 2.24) is 10.2 Å². The van der Waals surface area contributed by atoms with Crippen molar-refractivity contribution in [3.05, 3.63) is 0 Å². The molecule has 0 saturated heterocycles. The third kappa shape index (κ3) is 7.05. The molecule has 0 saturated carbocycles. The number of carboxylic acid groups (broad SMARTS) is 1. The predicted molar refractivity (Wildman–Crippen MR) is 59.4 cm³/mol. The largest absolute Gasteiger partial charge is 0.481 e. The van der Waals surface area contributed by atoms with Gasteiger partial charge in [-0.3, -0.25) is 4.79 Å². The van der Waals surface area contributed by atoms with Crippen LogP contribution in [-0.2, 0) is 9.53 Å². The zero-order chi connectivity index (χ0) is 12.6. The number of rotatable bonds is 7. The molecule has 94 valence electrons. The lowest BCUT2D eigenvalue weighted by molar-refractivity contribution is -0.137. The lowest BCUT2D eigenvalue weighted by Gasteiger charge is -2.20. The number of ether oxygens (including phenoxy) is 1. The number of nitrogens with zero attached hydrogens (tertiary/aromatic N) is 1. The molecule has 6 heteroatoms. The van der Waals surface area contributed by atoms with E-state index in [4.69, 9.17) is 9.84 Å². The van der Waals surface area contributed by atoms with E-state index in [1.165, 1.54) is 4.90 Å². The minimum absolute atomic E-state index is 0.0561. The van der Waals surface area contributed by atoms with Crippen molar-refractivity contribution in [3.63, 3.8) is 0 Å². The van der Waals surface area contributed by atoms with E-state index in [1.807, 2.05) is 6.92 Å². The lowest BCUT2D eigenvalue weighted by Crippen LogP contribution is -2.43. The van der Waals surface area contributed by atoms with E-state index < -0.39 is 5.97 Å². The molecule has 0 rings (SSSR count). The SMILES string of the molecule is COCC(C)NC(=O)N(C)CCCC(=O)O. The van der Waals surface area contributed by atoms with E-state index >= 15 is 0 Å². The number of amides is 2. The fraction of sp³-hybridized carbons (Fsp3) is 0.800. The Morgan fingerprint density at radius 2 is 2.12 bits per heavy atom. The van der Waals surface area contributed by atoms with Crippen LogP contribution in [0.5, 0.6) is 0 Å². The summed E-state index contributed by atoms with van der Waals surface area (Å²) in [7, 11) is 3.20. The van der Waals surface area contributed by atoms with Crippen LogP contribution in [0.3, 0.4) is 0 Å². The molecule has 0 fully saturated rings. The Morgan fingerprint density at radius 1 is 1.50 bits per heavy atom. The van der Waals surface area contributed by atoms with Gasteiger partial charge in [0.25, 0.3) is 0 Å². The van der Waals surface area contributed by atoms with Crippen molar-refractivity contribution in [2.75, 3.05) is 27.3 Å². The summed E-state index contributed by atoms with van der Waals surface area (Å²) in [5.41, 5.74) is 0. The molecule has 0 aromatic rings. The van der Waals surface area contributed by atoms with Crippen molar-refractivity contribution in [2.45, 2.75) is 25.8 Å². The Balaban J connectivity index is 3.76. The van der Waals surface area contributed by atoms with Gasteiger partial charge in [-0.05, 0) is 13.3 Å². The monoisotopic (exact) mass is 232 g/mol. The Bertz CT molecular complexity index is 233. The highest BCUT2D eigenvalue weighted by Crippen LogP contribution is 1.94.